The number of benzene rings is 1. The third-order valence-electron chi connectivity index (χ3n) is 3.02. The minimum Gasteiger partial charge on any atom is -0.351 e. The Morgan fingerprint density at radius 2 is 1.78 bits per heavy atom. The van der Waals surface area contributed by atoms with Crippen LogP contribution < -0.4 is 10.6 Å². The molecule has 1 aromatic carbocycles. The number of nitrogens with zero attached hydrogens (tertiary/aromatic N) is 1. The molecule has 0 atom stereocenters. The fourth-order valence-electron chi connectivity index (χ4n) is 1.91. The molecular weight excluding hydrogens is 357 g/mol. The van der Waals surface area contributed by atoms with Crippen LogP contribution in [0.15, 0.2) is 42.7 Å². The molecule has 2 N–H and O–H groups in total. The highest BCUT2D eigenvalue weighted by Gasteiger charge is 2.07. The number of hydrogen-bond acceptors (Lipinski definition) is 3. The molecule has 23 heavy (non-hydrogen) atoms. The number of amides is 1. The van der Waals surface area contributed by atoms with Crippen LogP contribution in [0, 0.1) is 0 Å². The van der Waals surface area contributed by atoms with E-state index >= 15 is 0 Å². The molecule has 0 bridgehead atoms. The first-order chi connectivity index (χ1) is 10.2. The van der Waals surface area contributed by atoms with Crippen molar-refractivity contribution in [1.82, 2.24) is 15.6 Å². The van der Waals surface area contributed by atoms with E-state index in [2.05, 4.69) is 15.6 Å². The zero-order valence-corrected chi connectivity index (χ0v) is 15.1. The number of hydrogen-bond donors (Lipinski definition) is 2. The molecule has 1 heterocycles. The van der Waals surface area contributed by atoms with E-state index in [1.807, 2.05) is 37.3 Å². The maximum absolute atomic E-state index is 12.0. The molecule has 0 saturated carbocycles. The van der Waals surface area contributed by atoms with Crippen molar-refractivity contribution in [1.29, 1.82) is 0 Å². The Kier molecular flexibility index (Phi) is 10.6. The molecule has 0 aliphatic rings. The number of rotatable bonds is 6. The number of nitrogens with one attached hydrogen (secondary N) is 2. The quantitative estimate of drug-likeness (QED) is 0.758. The summed E-state index contributed by atoms with van der Waals surface area (Å²) in [6.07, 6.45) is 3.31. The van der Waals surface area contributed by atoms with Crippen molar-refractivity contribution in [3.05, 3.63) is 53.3 Å². The molecule has 0 fully saturated rings. The van der Waals surface area contributed by atoms with E-state index in [0.717, 1.165) is 24.2 Å². The first-order valence-corrected chi connectivity index (χ1v) is 7.28. The van der Waals surface area contributed by atoms with E-state index in [9.17, 15) is 4.79 Å². The van der Waals surface area contributed by atoms with Crippen LogP contribution in [0.5, 0.6) is 0 Å². The van der Waals surface area contributed by atoms with Crippen molar-refractivity contribution in [3.63, 3.8) is 0 Å². The molecule has 0 aliphatic carbocycles. The molecule has 1 amide bonds. The molecule has 7 heteroatoms. The number of pyridine rings is 1. The van der Waals surface area contributed by atoms with Gasteiger partial charge in [0.15, 0.2) is 0 Å². The number of carbonyl (C=O) groups is 1. The van der Waals surface area contributed by atoms with Crippen LogP contribution in [0.2, 0.25) is 5.02 Å². The van der Waals surface area contributed by atoms with Gasteiger partial charge >= 0.3 is 0 Å². The van der Waals surface area contributed by atoms with Gasteiger partial charge in [-0.15, -0.1) is 24.8 Å². The zero-order chi connectivity index (χ0) is 15.1. The SMILES string of the molecule is CCNCCNC(=O)c1cncc(-c2ccc(Cl)cc2)c1.Cl.Cl. The van der Waals surface area contributed by atoms with Crippen LogP contribution in [0.25, 0.3) is 11.1 Å². The summed E-state index contributed by atoms with van der Waals surface area (Å²) in [6, 6.07) is 9.29. The van der Waals surface area contributed by atoms with Gasteiger partial charge in [-0.2, -0.15) is 0 Å². The predicted octanol–water partition coefficient (Wildman–Crippen LogP) is 3.58. The lowest BCUT2D eigenvalue weighted by molar-refractivity contribution is 0.0953. The fraction of sp³-hybridized carbons (Fsp3) is 0.250. The van der Waals surface area contributed by atoms with E-state index in [1.54, 1.807) is 12.4 Å². The Morgan fingerprint density at radius 1 is 1.09 bits per heavy atom. The summed E-state index contributed by atoms with van der Waals surface area (Å²) >= 11 is 5.88. The number of likely N-dealkylation sites (N-methyl/N-ethyl adjacent to an activating group) is 1. The van der Waals surface area contributed by atoms with Gasteiger partial charge in [0.25, 0.3) is 5.91 Å². The largest absolute Gasteiger partial charge is 0.351 e. The van der Waals surface area contributed by atoms with E-state index in [-0.39, 0.29) is 30.7 Å². The van der Waals surface area contributed by atoms with Crippen LogP contribution in [-0.2, 0) is 0 Å². The van der Waals surface area contributed by atoms with Crippen molar-refractivity contribution in [2.45, 2.75) is 6.92 Å². The number of carbonyl (C=O) groups excluding carboxylic acids is 1. The Hall–Kier alpha value is -1.33. The third kappa shape index (κ3) is 6.75. The maximum Gasteiger partial charge on any atom is 0.252 e. The molecule has 1 aromatic heterocycles. The van der Waals surface area contributed by atoms with Crippen molar-refractivity contribution in [3.8, 4) is 11.1 Å². The lowest BCUT2D eigenvalue weighted by Crippen LogP contribution is -2.31. The Labute approximate surface area is 153 Å². The lowest BCUT2D eigenvalue weighted by atomic mass is 10.1. The fourth-order valence-corrected chi connectivity index (χ4v) is 2.03. The molecule has 0 aliphatic heterocycles. The second-order valence-corrected chi connectivity index (χ2v) is 5.02. The second-order valence-electron chi connectivity index (χ2n) is 4.58. The van der Waals surface area contributed by atoms with Gasteiger partial charge < -0.3 is 10.6 Å². The van der Waals surface area contributed by atoms with E-state index in [1.165, 1.54) is 0 Å². The number of aromatic nitrogens is 1. The van der Waals surface area contributed by atoms with Crippen molar-refractivity contribution in [2.24, 2.45) is 0 Å². The average Bonchev–Trinajstić information content (AvgIpc) is 2.52. The molecule has 2 aromatic rings. The molecule has 0 unspecified atom stereocenters. The van der Waals surface area contributed by atoms with Gasteiger partial charge in [0.2, 0.25) is 0 Å². The van der Waals surface area contributed by atoms with Gasteiger partial charge in [0.05, 0.1) is 5.56 Å². The van der Waals surface area contributed by atoms with Crippen molar-refractivity contribution >= 4 is 42.3 Å². The minimum absolute atomic E-state index is 0. The predicted molar refractivity (Wildman–Crippen MR) is 100 cm³/mol. The summed E-state index contributed by atoms with van der Waals surface area (Å²) in [6.45, 7) is 4.27. The molecular formula is C16H20Cl3N3O. The average molecular weight is 377 g/mol. The third-order valence-corrected chi connectivity index (χ3v) is 3.27. The van der Waals surface area contributed by atoms with Gasteiger partial charge in [-0.3, -0.25) is 9.78 Å². The topological polar surface area (TPSA) is 54.0 Å². The molecule has 0 spiro atoms. The summed E-state index contributed by atoms with van der Waals surface area (Å²) in [5.41, 5.74) is 2.43. The molecule has 0 radical (unpaired) electrons. The first-order valence-electron chi connectivity index (χ1n) is 6.90. The lowest BCUT2D eigenvalue weighted by Gasteiger charge is -2.07. The summed E-state index contributed by atoms with van der Waals surface area (Å²) in [7, 11) is 0. The van der Waals surface area contributed by atoms with E-state index < -0.39 is 0 Å². The Morgan fingerprint density at radius 3 is 2.43 bits per heavy atom. The molecule has 0 saturated heterocycles. The normalized spacial score (nSPS) is 9.48. The zero-order valence-electron chi connectivity index (χ0n) is 12.7. The van der Waals surface area contributed by atoms with E-state index in [0.29, 0.717) is 17.1 Å². The van der Waals surface area contributed by atoms with Gasteiger partial charge in [-0.25, -0.2) is 0 Å². The number of halogens is 3. The van der Waals surface area contributed by atoms with Gasteiger partial charge in [0.1, 0.15) is 0 Å². The molecule has 126 valence electrons. The molecule has 4 nitrogen and oxygen atoms in total. The minimum atomic E-state index is -0.115. The van der Waals surface area contributed by atoms with Crippen LogP contribution in [0.1, 0.15) is 17.3 Å². The first kappa shape index (κ1) is 21.7. The Balaban J connectivity index is 0.00000242. The smallest absolute Gasteiger partial charge is 0.252 e. The second kappa shape index (κ2) is 11.2. The van der Waals surface area contributed by atoms with Crippen LogP contribution >= 0.6 is 36.4 Å². The highest BCUT2D eigenvalue weighted by atomic mass is 35.5. The Bertz CT molecular complexity index is 606. The monoisotopic (exact) mass is 375 g/mol. The van der Waals surface area contributed by atoms with Gasteiger partial charge in [-0.1, -0.05) is 30.7 Å². The standard InChI is InChI=1S/C16H18ClN3O.2ClH/c1-2-18-7-8-20-16(21)14-9-13(10-19-11-14)12-3-5-15(17)6-4-12;;/h3-6,9-11,18H,2,7-8H2,1H3,(H,20,21);2*1H. The molecule has 2 rings (SSSR count). The highest BCUT2D eigenvalue weighted by Crippen LogP contribution is 2.21. The van der Waals surface area contributed by atoms with Crippen LogP contribution in [0.4, 0.5) is 0 Å². The van der Waals surface area contributed by atoms with Crippen LogP contribution in [0.3, 0.4) is 0 Å². The summed E-state index contributed by atoms with van der Waals surface area (Å²) < 4.78 is 0. The van der Waals surface area contributed by atoms with E-state index in [4.69, 9.17) is 11.6 Å². The van der Waals surface area contributed by atoms with Crippen molar-refractivity contribution < 1.29 is 4.79 Å². The summed E-state index contributed by atoms with van der Waals surface area (Å²) in [4.78, 5) is 16.2. The van der Waals surface area contributed by atoms with Crippen LogP contribution in [-0.4, -0.2) is 30.5 Å². The summed E-state index contributed by atoms with van der Waals surface area (Å²) in [5.74, 6) is -0.115. The highest BCUT2D eigenvalue weighted by molar-refractivity contribution is 6.30. The van der Waals surface area contributed by atoms with Gasteiger partial charge in [0, 0.05) is 36.1 Å². The van der Waals surface area contributed by atoms with Crippen molar-refractivity contribution in [2.75, 3.05) is 19.6 Å². The maximum atomic E-state index is 12.0. The van der Waals surface area contributed by atoms with Gasteiger partial charge in [-0.05, 0) is 30.3 Å². The summed E-state index contributed by atoms with van der Waals surface area (Å²) in [5, 5.41) is 6.70.